The SMILES string of the molecule is Cc1c(Br)c(=O)[nH]c2ccc(F)cc12. The molecule has 0 aliphatic rings. The van der Waals surface area contributed by atoms with Crippen LogP contribution in [0.25, 0.3) is 10.9 Å². The highest BCUT2D eigenvalue weighted by atomic mass is 79.9. The molecule has 2 aromatic rings. The van der Waals surface area contributed by atoms with Gasteiger partial charge < -0.3 is 4.98 Å². The smallest absolute Gasteiger partial charge is 0.263 e. The summed E-state index contributed by atoms with van der Waals surface area (Å²) in [5.74, 6) is -0.306. The Balaban J connectivity index is 2.99. The highest BCUT2D eigenvalue weighted by molar-refractivity contribution is 9.10. The fraction of sp³-hybridized carbons (Fsp3) is 0.100. The normalized spacial score (nSPS) is 10.8. The van der Waals surface area contributed by atoms with Crippen LogP contribution < -0.4 is 5.56 Å². The average molecular weight is 256 g/mol. The molecule has 0 bridgehead atoms. The van der Waals surface area contributed by atoms with Crippen LogP contribution in [0.4, 0.5) is 4.39 Å². The fourth-order valence-electron chi connectivity index (χ4n) is 1.40. The van der Waals surface area contributed by atoms with Crippen molar-refractivity contribution in [2.45, 2.75) is 6.92 Å². The Hall–Kier alpha value is -1.16. The van der Waals surface area contributed by atoms with E-state index in [9.17, 15) is 9.18 Å². The number of fused-ring (bicyclic) bond motifs is 1. The zero-order valence-electron chi connectivity index (χ0n) is 7.40. The number of aromatic nitrogens is 1. The minimum atomic E-state index is -0.306. The summed E-state index contributed by atoms with van der Waals surface area (Å²) < 4.78 is 13.4. The van der Waals surface area contributed by atoms with Crippen molar-refractivity contribution in [2.75, 3.05) is 0 Å². The van der Waals surface area contributed by atoms with Crippen LogP contribution in [0.3, 0.4) is 0 Å². The van der Waals surface area contributed by atoms with E-state index in [2.05, 4.69) is 20.9 Å². The standard InChI is InChI=1S/C10H7BrFNO/c1-5-7-4-6(12)2-3-8(7)13-10(14)9(5)11/h2-4H,1H3,(H,13,14). The third-order valence-corrected chi connectivity index (χ3v) is 3.12. The highest BCUT2D eigenvalue weighted by Gasteiger charge is 2.06. The molecule has 0 spiro atoms. The van der Waals surface area contributed by atoms with E-state index in [0.29, 0.717) is 9.99 Å². The van der Waals surface area contributed by atoms with Crippen molar-refractivity contribution in [3.8, 4) is 0 Å². The molecule has 2 nitrogen and oxygen atoms in total. The van der Waals surface area contributed by atoms with Gasteiger partial charge in [-0.15, -0.1) is 0 Å². The minimum Gasteiger partial charge on any atom is -0.321 e. The van der Waals surface area contributed by atoms with E-state index in [1.54, 1.807) is 13.0 Å². The van der Waals surface area contributed by atoms with E-state index < -0.39 is 0 Å². The molecule has 0 saturated carbocycles. The highest BCUT2D eigenvalue weighted by Crippen LogP contribution is 2.21. The molecule has 4 heteroatoms. The molecule has 0 aliphatic heterocycles. The lowest BCUT2D eigenvalue weighted by Gasteiger charge is -2.03. The Bertz CT molecular complexity index is 562. The number of aryl methyl sites for hydroxylation is 1. The van der Waals surface area contributed by atoms with Gasteiger partial charge in [-0.25, -0.2) is 4.39 Å². The Labute approximate surface area is 87.9 Å². The zero-order chi connectivity index (χ0) is 10.3. The number of rotatable bonds is 0. The molecule has 0 saturated heterocycles. The van der Waals surface area contributed by atoms with Gasteiger partial charge in [0, 0.05) is 10.9 Å². The Morgan fingerprint density at radius 2 is 2.14 bits per heavy atom. The summed E-state index contributed by atoms with van der Waals surface area (Å²) in [6.45, 7) is 1.78. The van der Waals surface area contributed by atoms with Crippen molar-refractivity contribution < 1.29 is 4.39 Å². The second-order valence-electron chi connectivity index (χ2n) is 3.08. The lowest BCUT2D eigenvalue weighted by atomic mass is 10.1. The van der Waals surface area contributed by atoms with Crippen molar-refractivity contribution in [1.29, 1.82) is 0 Å². The summed E-state index contributed by atoms with van der Waals surface area (Å²) >= 11 is 3.16. The number of hydrogen-bond acceptors (Lipinski definition) is 1. The summed E-state index contributed by atoms with van der Waals surface area (Å²) in [6.07, 6.45) is 0. The third-order valence-electron chi connectivity index (χ3n) is 2.16. The van der Waals surface area contributed by atoms with Crippen molar-refractivity contribution in [1.82, 2.24) is 4.98 Å². The molecular formula is C10H7BrFNO. The Morgan fingerprint density at radius 3 is 2.86 bits per heavy atom. The second kappa shape index (κ2) is 3.20. The molecule has 14 heavy (non-hydrogen) atoms. The van der Waals surface area contributed by atoms with Crippen molar-refractivity contribution in [2.24, 2.45) is 0 Å². The monoisotopic (exact) mass is 255 g/mol. The topological polar surface area (TPSA) is 32.9 Å². The molecule has 0 aliphatic carbocycles. The van der Waals surface area contributed by atoms with Gasteiger partial charge in [-0.1, -0.05) is 0 Å². The van der Waals surface area contributed by atoms with Crippen LogP contribution in [0.1, 0.15) is 5.56 Å². The summed E-state index contributed by atoms with van der Waals surface area (Å²) in [5, 5.41) is 0.719. The predicted octanol–water partition coefficient (Wildman–Crippen LogP) is 2.74. The van der Waals surface area contributed by atoms with Gasteiger partial charge in [-0.3, -0.25) is 4.79 Å². The van der Waals surface area contributed by atoms with Gasteiger partial charge in [0.25, 0.3) is 5.56 Å². The molecule has 1 aromatic heterocycles. The van der Waals surface area contributed by atoms with Gasteiger partial charge in [0.2, 0.25) is 0 Å². The maximum Gasteiger partial charge on any atom is 0.263 e. The van der Waals surface area contributed by atoms with Crippen LogP contribution in [0.2, 0.25) is 0 Å². The summed E-state index contributed by atoms with van der Waals surface area (Å²) in [5.41, 5.74) is 1.21. The van der Waals surface area contributed by atoms with Gasteiger partial charge in [-0.2, -0.15) is 0 Å². The second-order valence-corrected chi connectivity index (χ2v) is 3.88. The van der Waals surface area contributed by atoms with Crippen LogP contribution in [-0.4, -0.2) is 4.98 Å². The van der Waals surface area contributed by atoms with Crippen LogP contribution in [-0.2, 0) is 0 Å². The molecule has 0 fully saturated rings. The summed E-state index contributed by atoms with van der Waals surface area (Å²) in [4.78, 5) is 14.0. The maximum absolute atomic E-state index is 12.9. The van der Waals surface area contributed by atoms with Gasteiger partial charge in [0.05, 0.1) is 4.47 Å². The quantitative estimate of drug-likeness (QED) is 0.772. The molecule has 1 N–H and O–H groups in total. The largest absolute Gasteiger partial charge is 0.321 e. The lowest BCUT2D eigenvalue weighted by molar-refractivity contribution is 0.629. The van der Waals surface area contributed by atoms with Gasteiger partial charge in [-0.05, 0) is 46.6 Å². The minimum absolute atomic E-state index is 0.193. The number of hydrogen-bond donors (Lipinski definition) is 1. The zero-order valence-corrected chi connectivity index (χ0v) is 8.98. The van der Waals surface area contributed by atoms with Crippen LogP contribution in [0.15, 0.2) is 27.5 Å². The maximum atomic E-state index is 12.9. The third kappa shape index (κ3) is 1.35. The lowest BCUT2D eigenvalue weighted by Crippen LogP contribution is -2.08. The van der Waals surface area contributed by atoms with E-state index in [4.69, 9.17) is 0 Å². The van der Waals surface area contributed by atoms with E-state index in [1.165, 1.54) is 12.1 Å². The molecule has 0 radical (unpaired) electrons. The predicted molar refractivity (Wildman–Crippen MR) is 57.0 cm³/mol. The number of halogens is 2. The van der Waals surface area contributed by atoms with E-state index in [-0.39, 0.29) is 11.4 Å². The fourth-order valence-corrected chi connectivity index (χ4v) is 1.71. The first-order chi connectivity index (χ1) is 6.59. The van der Waals surface area contributed by atoms with Crippen LogP contribution in [0, 0.1) is 12.7 Å². The summed E-state index contributed by atoms with van der Waals surface area (Å²) in [6, 6.07) is 4.29. The van der Waals surface area contributed by atoms with E-state index in [0.717, 1.165) is 10.9 Å². The molecule has 2 rings (SSSR count). The van der Waals surface area contributed by atoms with Crippen molar-refractivity contribution in [3.05, 3.63) is 44.4 Å². The molecule has 72 valence electrons. The van der Waals surface area contributed by atoms with Crippen molar-refractivity contribution >= 4 is 26.8 Å². The number of benzene rings is 1. The number of aromatic amines is 1. The molecule has 1 aromatic carbocycles. The molecule has 1 heterocycles. The Kier molecular flexibility index (Phi) is 2.15. The number of H-pyrrole nitrogens is 1. The van der Waals surface area contributed by atoms with Crippen LogP contribution >= 0.6 is 15.9 Å². The first-order valence-electron chi connectivity index (χ1n) is 4.07. The van der Waals surface area contributed by atoms with E-state index in [1.807, 2.05) is 0 Å². The number of pyridine rings is 1. The first-order valence-corrected chi connectivity index (χ1v) is 4.86. The summed E-state index contributed by atoms with van der Waals surface area (Å²) in [7, 11) is 0. The van der Waals surface area contributed by atoms with E-state index >= 15 is 0 Å². The van der Waals surface area contributed by atoms with Gasteiger partial charge in [0.15, 0.2) is 0 Å². The molecule has 0 amide bonds. The van der Waals surface area contributed by atoms with Gasteiger partial charge in [0.1, 0.15) is 5.82 Å². The molecular weight excluding hydrogens is 249 g/mol. The number of nitrogens with one attached hydrogen (secondary N) is 1. The Morgan fingerprint density at radius 1 is 1.43 bits per heavy atom. The average Bonchev–Trinajstić information content (AvgIpc) is 2.16. The van der Waals surface area contributed by atoms with Gasteiger partial charge >= 0.3 is 0 Å². The van der Waals surface area contributed by atoms with Crippen molar-refractivity contribution in [3.63, 3.8) is 0 Å². The first kappa shape index (κ1) is 9.40. The molecule has 0 atom stereocenters. The van der Waals surface area contributed by atoms with Crippen LogP contribution in [0.5, 0.6) is 0 Å². The molecule has 0 unspecified atom stereocenters.